The Morgan fingerprint density at radius 2 is 1.73 bits per heavy atom. The van der Waals surface area contributed by atoms with Gasteiger partial charge in [-0.15, -0.1) is 0 Å². The van der Waals surface area contributed by atoms with Gasteiger partial charge in [-0.05, 0) is 79.0 Å². The van der Waals surface area contributed by atoms with E-state index in [0.717, 1.165) is 48.3 Å². The number of aromatic nitrogens is 1. The number of rotatable bonds is 6. The van der Waals surface area contributed by atoms with Crippen LogP contribution in [0, 0.1) is 5.92 Å². The van der Waals surface area contributed by atoms with E-state index in [1.165, 1.54) is 5.56 Å². The molecule has 30 heavy (non-hydrogen) atoms. The molecule has 0 amide bonds. The molecule has 0 atom stereocenters. The summed E-state index contributed by atoms with van der Waals surface area (Å²) in [4.78, 5) is 15.4. The van der Waals surface area contributed by atoms with Crippen molar-refractivity contribution in [2.24, 2.45) is 5.92 Å². The number of hydrogen-bond acceptors (Lipinski definition) is 3. The lowest BCUT2D eigenvalue weighted by molar-refractivity contribution is -0.138. The van der Waals surface area contributed by atoms with E-state index in [1.54, 1.807) is 0 Å². The minimum Gasteiger partial charge on any atom is -0.481 e. The Morgan fingerprint density at radius 1 is 1.00 bits per heavy atom. The molecular formula is C25H25ClN2O2. The zero-order valence-corrected chi connectivity index (χ0v) is 17.5. The van der Waals surface area contributed by atoms with Crippen LogP contribution < -0.4 is 5.32 Å². The van der Waals surface area contributed by atoms with Crippen LogP contribution in [-0.4, -0.2) is 16.1 Å². The molecule has 4 nitrogen and oxygen atoms in total. The van der Waals surface area contributed by atoms with Crippen molar-refractivity contribution in [3.05, 3.63) is 77.4 Å². The number of carboxylic acids is 1. The van der Waals surface area contributed by atoms with E-state index in [2.05, 4.69) is 40.6 Å². The van der Waals surface area contributed by atoms with Crippen molar-refractivity contribution in [3.8, 4) is 11.1 Å². The second-order valence-electron chi connectivity index (χ2n) is 8.00. The molecule has 1 aliphatic carbocycles. The fourth-order valence-electron chi connectivity index (χ4n) is 4.25. The maximum atomic E-state index is 10.9. The lowest BCUT2D eigenvalue weighted by Gasteiger charge is -2.28. The van der Waals surface area contributed by atoms with Crippen molar-refractivity contribution in [1.82, 2.24) is 4.98 Å². The van der Waals surface area contributed by atoms with E-state index in [9.17, 15) is 4.79 Å². The van der Waals surface area contributed by atoms with Crippen LogP contribution in [0.1, 0.15) is 43.6 Å². The van der Waals surface area contributed by atoms with Gasteiger partial charge in [0.1, 0.15) is 5.82 Å². The SMILES string of the molecule is O=C(O)C[C@H]1CC[C@H](c2ccc(-c3ccc(Nc4cccc(Cl)c4)nc3)cc2)CC1. The maximum Gasteiger partial charge on any atom is 0.303 e. The van der Waals surface area contributed by atoms with Gasteiger partial charge in [-0.1, -0.05) is 41.9 Å². The van der Waals surface area contributed by atoms with Gasteiger partial charge in [-0.2, -0.15) is 0 Å². The average Bonchev–Trinajstić information content (AvgIpc) is 2.75. The largest absolute Gasteiger partial charge is 0.481 e. The number of carbonyl (C=O) groups is 1. The molecular weight excluding hydrogens is 396 g/mol. The first-order valence-corrected chi connectivity index (χ1v) is 10.8. The van der Waals surface area contributed by atoms with Crippen LogP contribution in [0.15, 0.2) is 66.9 Å². The molecule has 0 aliphatic heterocycles. The topological polar surface area (TPSA) is 62.2 Å². The van der Waals surface area contributed by atoms with Crippen LogP contribution in [0.3, 0.4) is 0 Å². The molecule has 1 heterocycles. The highest BCUT2D eigenvalue weighted by Gasteiger charge is 2.23. The third-order valence-corrected chi connectivity index (χ3v) is 6.12. The Labute approximate surface area is 181 Å². The Hall–Kier alpha value is -2.85. The van der Waals surface area contributed by atoms with E-state index in [-0.39, 0.29) is 0 Å². The standard InChI is InChI=1S/C25H25ClN2O2/c26-22-2-1-3-23(15-22)28-24-13-12-21(16-27-24)20-10-8-19(9-11-20)18-6-4-17(5-7-18)14-25(29)30/h1-3,8-13,15-18H,4-7,14H2,(H,27,28)(H,29,30)/t17-,18-. The highest BCUT2D eigenvalue weighted by atomic mass is 35.5. The van der Waals surface area contributed by atoms with Crippen LogP contribution in [0.25, 0.3) is 11.1 Å². The predicted octanol–water partition coefficient (Wildman–Crippen LogP) is 6.89. The van der Waals surface area contributed by atoms with E-state index in [4.69, 9.17) is 16.7 Å². The van der Waals surface area contributed by atoms with Gasteiger partial charge in [-0.25, -0.2) is 4.98 Å². The van der Waals surface area contributed by atoms with Crippen molar-refractivity contribution in [2.75, 3.05) is 5.32 Å². The summed E-state index contributed by atoms with van der Waals surface area (Å²) in [6.45, 7) is 0. The maximum absolute atomic E-state index is 10.9. The molecule has 0 bridgehead atoms. The van der Waals surface area contributed by atoms with Gasteiger partial charge in [0.2, 0.25) is 0 Å². The van der Waals surface area contributed by atoms with Crippen molar-refractivity contribution >= 4 is 29.1 Å². The summed E-state index contributed by atoms with van der Waals surface area (Å²) < 4.78 is 0. The lowest BCUT2D eigenvalue weighted by atomic mass is 9.77. The second-order valence-corrected chi connectivity index (χ2v) is 8.44. The van der Waals surface area contributed by atoms with Gasteiger partial charge in [0.25, 0.3) is 0 Å². The number of halogens is 1. The lowest BCUT2D eigenvalue weighted by Crippen LogP contribution is -2.16. The van der Waals surface area contributed by atoms with E-state index < -0.39 is 5.97 Å². The van der Waals surface area contributed by atoms with Crippen LogP contribution in [-0.2, 0) is 4.79 Å². The molecule has 0 spiro atoms. The minimum absolute atomic E-state index is 0.306. The smallest absolute Gasteiger partial charge is 0.303 e. The summed E-state index contributed by atoms with van der Waals surface area (Å²) in [6.07, 6.45) is 6.33. The van der Waals surface area contributed by atoms with Gasteiger partial charge in [0.05, 0.1) is 0 Å². The van der Waals surface area contributed by atoms with E-state index in [0.29, 0.717) is 23.3 Å². The van der Waals surface area contributed by atoms with Crippen LogP contribution in [0.5, 0.6) is 0 Å². The third kappa shape index (κ3) is 5.19. The summed E-state index contributed by atoms with van der Waals surface area (Å²) in [5, 5.41) is 12.9. The summed E-state index contributed by atoms with van der Waals surface area (Å²) in [5.41, 5.74) is 4.47. The Kier molecular flexibility index (Phi) is 6.34. The molecule has 4 rings (SSSR count). The number of carboxylic acid groups (broad SMARTS) is 1. The zero-order valence-electron chi connectivity index (χ0n) is 16.7. The van der Waals surface area contributed by atoms with Gasteiger partial charge in [-0.3, -0.25) is 4.79 Å². The first-order valence-electron chi connectivity index (χ1n) is 10.4. The minimum atomic E-state index is -0.676. The molecule has 0 radical (unpaired) electrons. The molecule has 1 aliphatic rings. The average molecular weight is 421 g/mol. The molecule has 1 aromatic heterocycles. The number of hydrogen-bond donors (Lipinski definition) is 2. The summed E-state index contributed by atoms with van der Waals surface area (Å²) >= 11 is 6.03. The van der Waals surface area contributed by atoms with Gasteiger partial charge < -0.3 is 10.4 Å². The first kappa shape index (κ1) is 20.4. The third-order valence-electron chi connectivity index (χ3n) is 5.89. The number of pyridine rings is 1. The summed E-state index contributed by atoms with van der Waals surface area (Å²) in [6, 6.07) is 20.3. The molecule has 0 saturated heterocycles. The van der Waals surface area contributed by atoms with Gasteiger partial charge in [0.15, 0.2) is 0 Å². The molecule has 3 aromatic rings. The fourth-order valence-corrected chi connectivity index (χ4v) is 4.44. The summed E-state index contributed by atoms with van der Waals surface area (Å²) in [5.74, 6) is 0.968. The number of anilines is 2. The molecule has 5 heteroatoms. The number of aliphatic carboxylic acids is 1. The highest BCUT2D eigenvalue weighted by Crippen LogP contribution is 2.37. The first-order chi connectivity index (χ1) is 14.6. The normalized spacial score (nSPS) is 18.7. The molecule has 2 aromatic carbocycles. The number of nitrogens with zero attached hydrogens (tertiary/aromatic N) is 1. The Balaban J connectivity index is 1.37. The predicted molar refractivity (Wildman–Crippen MR) is 121 cm³/mol. The Morgan fingerprint density at radius 3 is 2.37 bits per heavy atom. The van der Waals surface area contributed by atoms with Gasteiger partial charge >= 0.3 is 5.97 Å². The van der Waals surface area contributed by atoms with Crippen molar-refractivity contribution < 1.29 is 9.90 Å². The van der Waals surface area contributed by atoms with E-state index >= 15 is 0 Å². The zero-order chi connectivity index (χ0) is 20.9. The monoisotopic (exact) mass is 420 g/mol. The number of benzene rings is 2. The molecule has 154 valence electrons. The fraction of sp³-hybridized carbons (Fsp3) is 0.280. The molecule has 1 saturated carbocycles. The van der Waals surface area contributed by atoms with Crippen LogP contribution in [0.4, 0.5) is 11.5 Å². The quantitative estimate of drug-likeness (QED) is 0.455. The van der Waals surface area contributed by atoms with Crippen molar-refractivity contribution in [2.45, 2.75) is 38.0 Å². The molecule has 2 N–H and O–H groups in total. The van der Waals surface area contributed by atoms with Crippen molar-refractivity contribution in [3.63, 3.8) is 0 Å². The molecule has 1 fully saturated rings. The summed E-state index contributed by atoms with van der Waals surface area (Å²) in [7, 11) is 0. The van der Waals surface area contributed by atoms with Gasteiger partial charge in [0, 0.05) is 28.9 Å². The second kappa shape index (κ2) is 9.31. The Bertz CT molecular complexity index is 994. The van der Waals surface area contributed by atoms with Crippen molar-refractivity contribution in [1.29, 1.82) is 0 Å². The molecule has 0 unspecified atom stereocenters. The highest BCUT2D eigenvalue weighted by molar-refractivity contribution is 6.30. The van der Waals surface area contributed by atoms with Crippen LogP contribution in [0.2, 0.25) is 5.02 Å². The van der Waals surface area contributed by atoms with Crippen LogP contribution >= 0.6 is 11.6 Å². The van der Waals surface area contributed by atoms with E-state index in [1.807, 2.05) is 36.5 Å². The number of nitrogens with one attached hydrogen (secondary N) is 1.